The highest BCUT2D eigenvalue weighted by atomic mass is 16.4. The molecule has 0 aliphatic heterocycles. The highest BCUT2D eigenvalue weighted by Gasteiger charge is 2.35. The number of fused-ring (bicyclic) bond motifs is 8. The minimum Gasteiger partial charge on any atom is -0.456 e. The first kappa shape index (κ1) is 30.7. The van der Waals surface area contributed by atoms with Gasteiger partial charge in [-0.2, -0.15) is 0 Å². The zero-order chi connectivity index (χ0) is 36.0. The van der Waals surface area contributed by atoms with E-state index in [0.29, 0.717) is 11.5 Å². The van der Waals surface area contributed by atoms with Gasteiger partial charge in [-0.05, 0) is 99.3 Å². The van der Waals surface area contributed by atoms with E-state index in [4.69, 9.17) is 13.8 Å². The minimum atomic E-state index is -0.0836. The summed E-state index contributed by atoms with van der Waals surface area (Å²) >= 11 is 0. The van der Waals surface area contributed by atoms with Crippen molar-refractivity contribution in [1.82, 2.24) is 4.98 Å². The van der Waals surface area contributed by atoms with Gasteiger partial charge in [0.05, 0.1) is 5.69 Å². The maximum Gasteiger partial charge on any atom is 0.227 e. The predicted octanol–water partition coefficient (Wildman–Crippen LogP) is 14.0. The molecule has 2 heterocycles. The fourth-order valence-corrected chi connectivity index (χ4v) is 8.57. The van der Waals surface area contributed by atoms with E-state index < -0.39 is 0 Å². The summed E-state index contributed by atoms with van der Waals surface area (Å²) in [5.41, 5.74) is 14.8. The number of oxazole rings is 1. The lowest BCUT2D eigenvalue weighted by atomic mass is 9.82. The lowest BCUT2D eigenvalue weighted by Gasteiger charge is -2.29. The van der Waals surface area contributed by atoms with Crippen molar-refractivity contribution in [1.29, 1.82) is 0 Å². The summed E-state index contributed by atoms with van der Waals surface area (Å²) in [5.74, 6) is 0.598. The third kappa shape index (κ3) is 4.66. The van der Waals surface area contributed by atoms with Gasteiger partial charge in [-0.15, -0.1) is 0 Å². The van der Waals surface area contributed by atoms with Crippen LogP contribution >= 0.6 is 0 Å². The second kappa shape index (κ2) is 11.5. The van der Waals surface area contributed by atoms with Crippen LogP contribution in [-0.4, -0.2) is 4.98 Å². The fraction of sp³-hybridized carbons (Fsp3) is 0.0600. The number of furan rings is 1. The Bertz CT molecular complexity index is 3100. The molecule has 1 aliphatic rings. The third-order valence-corrected chi connectivity index (χ3v) is 11.3. The lowest BCUT2D eigenvalue weighted by Crippen LogP contribution is -2.15. The summed E-state index contributed by atoms with van der Waals surface area (Å²) in [4.78, 5) is 7.29. The number of nitrogens with zero attached hydrogens (tertiary/aromatic N) is 2. The largest absolute Gasteiger partial charge is 0.456 e. The molecular formula is C50H34N2O2. The summed E-state index contributed by atoms with van der Waals surface area (Å²) in [5, 5.41) is 4.47. The summed E-state index contributed by atoms with van der Waals surface area (Å²) in [6.45, 7) is 4.66. The van der Waals surface area contributed by atoms with Crippen LogP contribution in [-0.2, 0) is 5.41 Å². The van der Waals surface area contributed by atoms with E-state index in [1.807, 2.05) is 36.4 Å². The normalized spacial score (nSPS) is 13.1. The molecule has 0 N–H and O–H groups in total. The zero-order valence-corrected chi connectivity index (χ0v) is 29.9. The monoisotopic (exact) mass is 694 g/mol. The van der Waals surface area contributed by atoms with Gasteiger partial charge in [-0.3, -0.25) is 0 Å². The highest BCUT2D eigenvalue weighted by molar-refractivity contribution is 6.10. The van der Waals surface area contributed by atoms with Gasteiger partial charge in [-0.25, -0.2) is 4.98 Å². The van der Waals surface area contributed by atoms with Crippen LogP contribution in [0.5, 0.6) is 0 Å². The fourth-order valence-electron chi connectivity index (χ4n) is 8.57. The molecule has 54 heavy (non-hydrogen) atoms. The number of benzene rings is 8. The molecule has 0 saturated heterocycles. The number of hydrogen-bond acceptors (Lipinski definition) is 4. The Morgan fingerprint density at radius 1 is 0.463 bits per heavy atom. The summed E-state index contributed by atoms with van der Waals surface area (Å²) < 4.78 is 12.7. The molecule has 1 aliphatic carbocycles. The van der Waals surface area contributed by atoms with Gasteiger partial charge >= 0.3 is 0 Å². The average molecular weight is 695 g/mol. The van der Waals surface area contributed by atoms with Crippen LogP contribution in [0.1, 0.15) is 25.0 Å². The van der Waals surface area contributed by atoms with E-state index in [9.17, 15) is 0 Å². The van der Waals surface area contributed by atoms with Crippen LogP contribution in [0, 0.1) is 0 Å². The molecule has 0 saturated carbocycles. The molecule has 0 bridgehead atoms. The minimum absolute atomic E-state index is 0.0836. The van der Waals surface area contributed by atoms with Crippen molar-refractivity contribution in [3.05, 3.63) is 181 Å². The van der Waals surface area contributed by atoms with Crippen molar-refractivity contribution in [2.24, 2.45) is 0 Å². The Morgan fingerprint density at radius 3 is 2.06 bits per heavy atom. The predicted molar refractivity (Wildman–Crippen MR) is 222 cm³/mol. The Balaban J connectivity index is 1.13. The SMILES string of the molecule is CC1(C)c2ccccc2-c2cc(N(c3ccc4oc5cc6oc(-c7ccccc7)nc6cc5c4c3)c3ccccc3-c3ccc4ccccc4c3)ccc21. The van der Waals surface area contributed by atoms with E-state index in [1.54, 1.807) is 0 Å². The molecule has 4 heteroatoms. The van der Waals surface area contributed by atoms with E-state index in [1.165, 1.54) is 38.6 Å². The quantitative estimate of drug-likeness (QED) is 0.180. The summed E-state index contributed by atoms with van der Waals surface area (Å²) in [6, 6.07) is 60.5. The highest BCUT2D eigenvalue weighted by Crippen LogP contribution is 2.51. The van der Waals surface area contributed by atoms with Gasteiger partial charge in [0.15, 0.2) is 5.58 Å². The van der Waals surface area contributed by atoms with Crippen molar-refractivity contribution in [2.75, 3.05) is 4.90 Å². The van der Waals surface area contributed by atoms with Gasteiger partial charge in [0.1, 0.15) is 16.7 Å². The number of hydrogen-bond donors (Lipinski definition) is 0. The van der Waals surface area contributed by atoms with Crippen LogP contribution in [0.3, 0.4) is 0 Å². The maximum absolute atomic E-state index is 6.47. The Morgan fingerprint density at radius 2 is 1.17 bits per heavy atom. The van der Waals surface area contributed by atoms with Gasteiger partial charge in [0.2, 0.25) is 5.89 Å². The Kier molecular flexibility index (Phi) is 6.56. The molecule has 0 amide bonds. The standard InChI is InChI=1S/C50H34N2O2/c1-50(2)42-18-10-8-17-38(42)39-27-35(22-24-43(39)50)52(45-19-11-9-16-37(45)34-21-20-31-12-6-7-15-33(31)26-34)36-23-25-46-40(28-36)41-29-44-48(30-47(41)53-46)54-49(51-44)32-13-4-3-5-14-32/h3-30H,1-2H3. The van der Waals surface area contributed by atoms with Crippen molar-refractivity contribution in [3.63, 3.8) is 0 Å². The molecule has 256 valence electrons. The van der Waals surface area contributed by atoms with Gasteiger partial charge in [0.25, 0.3) is 0 Å². The van der Waals surface area contributed by atoms with Crippen LogP contribution in [0.4, 0.5) is 17.1 Å². The van der Waals surface area contributed by atoms with Crippen molar-refractivity contribution >= 4 is 60.9 Å². The van der Waals surface area contributed by atoms with E-state index in [0.717, 1.165) is 55.6 Å². The second-order valence-electron chi connectivity index (χ2n) is 14.8. The first-order valence-electron chi connectivity index (χ1n) is 18.4. The first-order chi connectivity index (χ1) is 26.5. The molecule has 11 rings (SSSR count). The van der Waals surface area contributed by atoms with Crippen LogP contribution in [0.25, 0.3) is 77.5 Å². The molecule has 2 aromatic heterocycles. The summed E-state index contributed by atoms with van der Waals surface area (Å²) in [7, 11) is 0. The Hall–Kier alpha value is -6.91. The molecule has 10 aromatic rings. The molecule has 0 radical (unpaired) electrons. The lowest BCUT2D eigenvalue weighted by molar-refractivity contribution is 0.617. The molecule has 0 fully saturated rings. The van der Waals surface area contributed by atoms with Gasteiger partial charge < -0.3 is 13.7 Å². The topological polar surface area (TPSA) is 42.4 Å². The maximum atomic E-state index is 6.47. The van der Waals surface area contributed by atoms with Crippen LogP contribution in [0.2, 0.25) is 0 Å². The van der Waals surface area contributed by atoms with Crippen LogP contribution in [0.15, 0.2) is 179 Å². The second-order valence-corrected chi connectivity index (χ2v) is 14.8. The van der Waals surface area contributed by atoms with Crippen molar-refractivity contribution in [3.8, 4) is 33.7 Å². The third-order valence-electron chi connectivity index (χ3n) is 11.3. The zero-order valence-electron chi connectivity index (χ0n) is 29.9. The molecule has 0 atom stereocenters. The van der Waals surface area contributed by atoms with E-state index in [2.05, 4.69) is 152 Å². The number of anilines is 3. The average Bonchev–Trinajstić information content (AvgIpc) is 3.87. The smallest absolute Gasteiger partial charge is 0.227 e. The van der Waals surface area contributed by atoms with Crippen molar-refractivity contribution < 1.29 is 8.83 Å². The van der Waals surface area contributed by atoms with Crippen molar-refractivity contribution in [2.45, 2.75) is 19.3 Å². The van der Waals surface area contributed by atoms with E-state index >= 15 is 0 Å². The molecule has 8 aromatic carbocycles. The number of rotatable bonds is 5. The Labute approximate surface area is 312 Å². The van der Waals surface area contributed by atoms with Gasteiger partial charge in [0, 0.05) is 44.8 Å². The first-order valence-corrected chi connectivity index (χ1v) is 18.4. The molecule has 4 nitrogen and oxygen atoms in total. The molecular weight excluding hydrogens is 661 g/mol. The number of para-hydroxylation sites is 1. The van der Waals surface area contributed by atoms with Crippen LogP contribution < -0.4 is 4.90 Å². The molecule has 0 unspecified atom stereocenters. The summed E-state index contributed by atoms with van der Waals surface area (Å²) in [6.07, 6.45) is 0. The molecule has 0 spiro atoms. The van der Waals surface area contributed by atoms with E-state index in [-0.39, 0.29) is 5.41 Å². The number of aromatic nitrogens is 1. The van der Waals surface area contributed by atoms with Gasteiger partial charge in [-0.1, -0.05) is 117 Å².